The minimum atomic E-state index is -1.05. The number of carbonyl (C=O) groups excluding carboxylic acids is 1. The molecule has 1 amide bonds. The van der Waals surface area contributed by atoms with Gasteiger partial charge in [0, 0.05) is 22.9 Å². The lowest BCUT2D eigenvalue weighted by molar-refractivity contribution is 0.0785. The largest absolute Gasteiger partial charge is 0.386 e. The summed E-state index contributed by atoms with van der Waals surface area (Å²) in [6, 6.07) is 16.2. The Bertz CT molecular complexity index is 1660. The molecule has 0 spiro atoms. The van der Waals surface area contributed by atoms with Crippen molar-refractivity contribution in [3.63, 3.8) is 0 Å². The molecule has 1 fully saturated rings. The molecule has 2 aromatic heterocycles. The van der Waals surface area contributed by atoms with Gasteiger partial charge in [-0.15, -0.1) is 0 Å². The summed E-state index contributed by atoms with van der Waals surface area (Å²) < 4.78 is 14.7. The van der Waals surface area contributed by atoms with Gasteiger partial charge in [-0.05, 0) is 99.8 Å². The third-order valence-corrected chi connectivity index (χ3v) is 8.32. The van der Waals surface area contributed by atoms with Crippen LogP contribution in [0.25, 0.3) is 11.3 Å². The number of hydrogen-bond acceptors (Lipinski definition) is 7. The Morgan fingerprint density at radius 1 is 1.09 bits per heavy atom. The van der Waals surface area contributed by atoms with Crippen molar-refractivity contribution in [2.75, 3.05) is 23.7 Å². The first-order chi connectivity index (χ1) is 20.5. The first-order valence-electron chi connectivity index (χ1n) is 14.6. The predicted molar refractivity (Wildman–Crippen MR) is 166 cm³/mol. The van der Waals surface area contributed by atoms with Gasteiger partial charge in [0.2, 0.25) is 0 Å². The highest BCUT2D eigenvalue weighted by molar-refractivity contribution is 6.04. The first-order valence-corrected chi connectivity index (χ1v) is 14.6. The van der Waals surface area contributed by atoms with Crippen LogP contribution in [0.2, 0.25) is 0 Å². The fourth-order valence-corrected chi connectivity index (χ4v) is 5.86. The normalized spacial score (nSPS) is 17.2. The summed E-state index contributed by atoms with van der Waals surface area (Å²) in [4.78, 5) is 32.6. The molecule has 224 valence electrons. The lowest BCUT2D eigenvalue weighted by Gasteiger charge is -2.37. The van der Waals surface area contributed by atoms with Gasteiger partial charge in [0.25, 0.3) is 11.5 Å². The zero-order valence-electron chi connectivity index (χ0n) is 24.9. The molecule has 1 saturated heterocycles. The molecule has 1 aliphatic rings. The van der Waals surface area contributed by atoms with Crippen LogP contribution in [0.1, 0.15) is 68.4 Å². The molecule has 5 rings (SSSR count). The standard InChI is InChI=1S/C33H37FN6O3/c1-5-33(16-7-17-40(33)6-2)24-13-15-29(35-20-24)36-28-19-26(38-39-31(28)42)22-10-14-25(34)27(18-22)37-30(41)21-8-11-23(12-9-21)32(3,4)43/h8-15,18-20,43H,5-7,16-17H2,1-4H3,(H,37,41)(H,39,42)(H,35,36,38). The number of likely N-dealkylation sites (tertiary alicyclic amines) is 1. The van der Waals surface area contributed by atoms with Crippen LogP contribution >= 0.6 is 0 Å². The molecule has 2 aromatic carbocycles. The van der Waals surface area contributed by atoms with Crippen molar-refractivity contribution in [2.45, 2.75) is 58.1 Å². The molecule has 43 heavy (non-hydrogen) atoms. The summed E-state index contributed by atoms with van der Waals surface area (Å²) in [6.45, 7) is 9.75. The van der Waals surface area contributed by atoms with Gasteiger partial charge in [0.05, 0.1) is 17.0 Å². The van der Waals surface area contributed by atoms with Crippen LogP contribution in [-0.4, -0.2) is 44.2 Å². The van der Waals surface area contributed by atoms with Crippen LogP contribution < -0.4 is 16.2 Å². The molecule has 4 aromatic rings. The van der Waals surface area contributed by atoms with E-state index in [1.807, 2.05) is 12.3 Å². The number of rotatable bonds is 9. The number of nitrogens with zero attached hydrogens (tertiary/aromatic N) is 3. The number of pyridine rings is 1. The van der Waals surface area contributed by atoms with Crippen molar-refractivity contribution < 1.29 is 14.3 Å². The molecule has 3 heterocycles. The molecular weight excluding hydrogens is 547 g/mol. The van der Waals surface area contributed by atoms with E-state index >= 15 is 0 Å². The highest BCUT2D eigenvalue weighted by Crippen LogP contribution is 2.41. The second-order valence-electron chi connectivity index (χ2n) is 11.4. The molecule has 1 unspecified atom stereocenters. The number of aromatic nitrogens is 3. The van der Waals surface area contributed by atoms with Gasteiger partial charge >= 0.3 is 0 Å². The van der Waals surface area contributed by atoms with Crippen LogP contribution in [0.15, 0.2) is 71.7 Å². The topological polar surface area (TPSA) is 123 Å². The maximum Gasteiger partial charge on any atom is 0.287 e. The van der Waals surface area contributed by atoms with Crippen molar-refractivity contribution in [3.8, 4) is 11.3 Å². The lowest BCUT2D eigenvalue weighted by Crippen LogP contribution is -2.40. The second-order valence-corrected chi connectivity index (χ2v) is 11.4. The molecule has 1 atom stereocenters. The summed E-state index contributed by atoms with van der Waals surface area (Å²) in [5.41, 5.74) is 1.69. The zero-order valence-corrected chi connectivity index (χ0v) is 24.9. The van der Waals surface area contributed by atoms with Crippen LogP contribution in [0.4, 0.5) is 21.6 Å². The van der Waals surface area contributed by atoms with Crippen LogP contribution in [0.5, 0.6) is 0 Å². The summed E-state index contributed by atoms with van der Waals surface area (Å²) in [5.74, 6) is -0.610. The minimum absolute atomic E-state index is 0.0168. The Labute approximate surface area is 250 Å². The van der Waals surface area contributed by atoms with Crippen molar-refractivity contribution in [3.05, 3.63) is 99.7 Å². The lowest BCUT2D eigenvalue weighted by atomic mass is 9.85. The number of aliphatic hydroxyl groups is 1. The maximum atomic E-state index is 14.7. The van der Waals surface area contributed by atoms with E-state index in [0.29, 0.717) is 28.2 Å². The van der Waals surface area contributed by atoms with E-state index in [2.05, 4.69) is 50.6 Å². The second kappa shape index (κ2) is 12.1. The molecule has 1 aliphatic heterocycles. The quantitative estimate of drug-likeness (QED) is 0.193. The third kappa shape index (κ3) is 6.21. The van der Waals surface area contributed by atoms with E-state index in [9.17, 15) is 19.1 Å². The fraction of sp³-hybridized carbons (Fsp3) is 0.333. The molecule has 0 bridgehead atoms. The van der Waals surface area contributed by atoms with E-state index in [4.69, 9.17) is 0 Å². The van der Waals surface area contributed by atoms with Gasteiger partial charge in [-0.3, -0.25) is 14.5 Å². The molecule has 0 aliphatic carbocycles. The summed E-state index contributed by atoms with van der Waals surface area (Å²) in [7, 11) is 0. The Morgan fingerprint density at radius 2 is 1.86 bits per heavy atom. The molecule has 10 heteroatoms. The summed E-state index contributed by atoms with van der Waals surface area (Å²) in [6.07, 6.45) is 5.12. The minimum Gasteiger partial charge on any atom is -0.386 e. The average molecular weight is 585 g/mol. The Kier molecular flexibility index (Phi) is 8.43. The van der Waals surface area contributed by atoms with Crippen molar-refractivity contribution in [1.29, 1.82) is 0 Å². The molecule has 9 nitrogen and oxygen atoms in total. The van der Waals surface area contributed by atoms with E-state index in [0.717, 1.165) is 32.4 Å². The summed E-state index contributed by atoms with van der Waals surface area (Å²) in [5, 5.41) is 22.4. The van der Waals surface area contributed by atoms with Crippen molar-refractivity contribution in [2.24, 2.45) is 0 Å². The first kappa shape index (κ1) is 30.1. The fourth-order valence-electron chi connectivity index (χ4n) is 5.86. The SMILES string of the molecule is CCN1CCCC1(CC)c1ccc(Nc2cc(-c3ccc(F)c(NC(=O)c4ccc(C(C)(C)O)cc4)c3)n[nH]c2=O)nc1. The van der Waals surface area contributed by atoms with E-state index in [-0.39, 0.29) is 16.9 Å². The highest BCUT2D eigenvalue weighted by atomic mass is 19.1. The predicted octanol–water partition coefficient (Wildman–Crippen LogP) is 5.92. The number of carbonyl (C=O) groups is 1. The van der Waals surface area contributed by atoms with E-state index in [1.54, 1.807) is 44.2 Å². The molecule has 4 N–H and O–H groups in total. The molecule has 0 radical (unpaired) electrons. The number of halogens is 1. The van der Waals surface area contributed by atoms with Crippen LogP contribution in [0.3, 0.4) is 0 Å². The number of benzene rings is 2. The number of H-pyrrole nitrogens is 1. The maximum absolute atomic E-state index is 14.7. The van der Waals surface area contributed by atoms with Crippen molar-refractivity contribution in [1.82, 2.24) is 20.1 Å². The third-order valence-electron chi connectivity index (χ3n) is 8.32. The van der Waals surface area contributed by atoms with E-state index in [1.165, 1.54) is 23.8 Å². The van der Waals surface area contributed by atoms with Gasteiger partial charge in [-0.1, -0.05) is 32.0 Å². The van der Waals surface area contributed by atoms with Gasteiger partial charge in [-0.2, -0.15) is 5.10 Å². The smallest absolute Gasteiger partial charge is 0.287 e. The molecular formula is C33H37FN6O3. The number of aromatic amines is 1. The zero-order chi connectivity index (χ0) is 30.8. The van der Waals surface area contributed by atoms with Crippen LogP contribution in [0, 0.1) is 5.82 Å². The number of hydrogen-bond donors (Lipinski definition) is 4. The van der Waals surface area contributed by atoms with Crippen molar-refractivity contribution >= 4 is 23.1 Å². The number of nitrogens with one attached hydrogen (secondary N) is 3. The van der Waals surface area contributed by atoms with Gasteiger partial charge in [-0.25, -0.2) is 14.5 Å². The van der Waals surface area contributed by atoms with Crippen LogP contribution in [-0.2, 0) is 11.1 Å². The summed E-state index contributed by atoms with van der Waals surface area (Å²) >= 11 is 0. The number of anilines is 3. The number of amides is 1. The van der Waals surface area contributed by atoms with Gasteiger partial charge in [0.1, 0.15) is 17.3 Å². The average Bonchev–Trinajstić information content (AvgIpc) is 3.43. The Hall–Kier alpha value is -4.41. The Morgan fingerprint density at radius 3 is 2.51 bits per heavy atom. The Balaban J connectivity index is 1.35. The van der Waals surface area contributed by atoms with Gasteiger partial charge < -0.3 is 15.7 Å². The van der Waals surface area contributed by atoms with Gasteiger partial charge in [0.15, 0.2) is 0 Å². The highest BCUT2D eigenvalue weighted by Gasteiger charge is 2.40. The monoisotopic (exact) mass is 584 g/mol. The molecule has 0 saturated carbocycles. The van der Waals surface area contributed by atoms with E-state index < -0.39 is 22.9 Å².